The average molecular weight is 369 g/mol. The topological polar surface area (TPSA) is 35.6 Å². The van der Waals surface area contributed by atoms with E-state index in [1.807, 2.05) is 37.3 Å². The minimum Gasteiger partial charge on any atom is -0.367 e. The van der Waals surface area contributed by atoms with Gasteiger partial charge in [-0.05, 0) is 37.6 Å². The summed E-state index contributed by atoms with van der Waals surface area (Å²) in [5.41, 5.74) is 2.92. The summed E-state index contributed by atoms with van der Waals surface area (Å²) >= 11 is 0. The Morgan fingerprint density at radius 1 is 1.07 bits per heavy atom. The minimum absolute atomic E-state index is 0.0740. The van der Waals surface area contributed by atoms with Crippen LogP contribution in [-0.4, -0.2) is 50.1 Å². The third-order valence-corrected chi connectivity index (χ3v) is 4.99. The third-order valence-electron chi connectivity index (χ3n) is 4.99. The maximum Gasteiger partial charge on any atom is 0.224 e. The lowest BCUT2D eigenvalue weighted by Crippen LogP contribution is -2.47. The number of carbonyl (C=O) groups excluding carboxylic acids is 1. The molecule has 5 heteroatoms. The number of nitrogens with one attached hydrogen (secondary N) is 1. The van der Waals surface area contributed by atoms with Gasteiger partial charge in [0.2, 0.25) is 5.91 Å². The molecule has 0 bridgehead atoms. The second-order valence-electron chi connectivity index (χ2n) is 7.15. The van der Waals surface area contributed by atoms with Crippen molar-refractivity contribution in [2.45, 2.75) is 19.8 Å². The average Bonchev–Trinajstić information content (AvgIpc) is 2.66. The van der Waals surface area contributed by atoms with Crippen LogP contribution in [-0.2, 0) is 11.2 Å². The van der Waals surface area contributed by atoms with Crippen molar-refractivity contribution in [3.8, 4) is 0 Å². The van der Waals surface area contributed by atoms with E-state index < -0.39 is 0 Å². The number of nitrogens with zero attached hydrogens (tertiary/aromatic N) is 2. The van der Waals surface area contributed by atoms with Crippen LogP contribution in [0.25, 0.3) is 0 Å². The lowest BCUT2D eigenvalue weighted by Gasteiger charge is -2.36. The molecule has 0 radical (unpaired) electrons. The molecule has 1 amide bonds. The van der Waals surface area contributed by atoms with Gasteiger partial charge in [0.25, 0.3) is 0 Å². The standard InChI is InChI=1S/C22H28FN3O/c1-18-6-4-7-19(16-18)17-22(27)24-10-5-11-25-12-14-26(15-13-25)21-9-3-2-8-20(21)23/h2-4,6-9,16H,5,10-15,17H2,1H3,(H,24,27). The summed E-state index contributed by atoms with van der Waals surface area (Å²) in [6, 6.07) is 15.0. The van der Waals surface area contributed by atoms with E-state index in [4.69, 9.17) is 0 Å². The number of piperazine rings is 1. The van der Waals surface area contributed by atoms with Crippen LogP contribution >= 0.6 is 0 Å². The summed E-state index contributed by atoms with van der Waals surface area (Å²) in [6.45, 7) is 7.19. The smallest absolute Gasteiger partial charge is 0.224 e. The predicted molar refractivity (Wildman–Crippen MR) is 108 cm³/mol. The van der Waals surface area contributed by atoms with Crippen molar-refractivity contribution in [3.63, 3.8) is 0 Å². The van der Waals surface area contributed by atoms with Gasteiger partial charge in [0.15, 0.2) is 0 Å². The summed E-state index contributed by atoms with van der Waals surface area (Å²) in [5, 5.41) is 3.01. The fraction of sp³-hybridized carbons (Fsp3) is 0.409. The van der Waals surface area contributed by atoms with Crippen LogP contribution in [0.5, 0.6) is 0 Å². The van der Waals surface area contributed by atoms with E-state index in [1.165, 1.54) is 11.6 Å². The number of aryl methyl sites for hydroxylation is 1. The molecule has 3 rings (SSSR count). The molecule has 1 N–H and O–H groups in total. The number of hydrogen-bond donors (Lipinski definition) is 1. The molecule has 1 fully saturated rings. The molecule has 0 atom stereocenters. The largest absolute Gasteiger partial charge is 0.367 e. The summed E-state index contributed by atoms with van der Waals surface area (Å²) in [4.78, 5) is 16.5. The number of hydrogen-bond acceptors (Lipinski definition) is 3. The van der Waals surface area contributed by atoms with Crippen LogP contribution in [0, 0.1) is 12.7 Å². The molecular formula is C22H28FN3O. The molecule has 1 aliphatic rings. The Balaban J connectivity index is 1.32. The van der Waals surface area contributed by atoms with E-state index in [2.05, 4.69) is 21.2 Å². The van der Waals surface area contributed by atoms with Gasteiger partial charge in [0.1, 0.15) is 5.82 Å². The molecule has 1 saturated heterocycles. The molecule has 0 aromatic heterocycles. The molecule has 4 nitrogen and oxygen atoms in total. The number of anilines is 1. The van der Waals surface area contributed by atoms with Gasteiger partial charge in [-0.2, -0.15) is 0 Å². The first-order chi connectivity index (χ1) is 13.1. The van der Waals surface area contributed by atoms with E-state index in [0.29, 0.717) is 18.7 Å². The summed E-state index contributed by atoms with van der Waals surface area (Å²) in [6.07, 6.45) is 1.36. The second-order valence-corrected chi connectivity index (χ2v) is 7.15. The van der Waals surface area contributed by atoms with Crippen molar-refractivity contribution in [1.82, 2.24) is 10.2 Å². The number of amides is 1. The zero-order valence-corrected chi connectivity index (χ0v) is 16.0. The van der Waals surface area contributed by atoms with E-state index in [-0.39, 0.29) is 11.7 Å². The second kappa shape index (κ2) is 9.51. The number of carbonyl (C=O) groups is 1. The van der Waals surface area contributed by atoms with Crippen LogP contribution in [0.3, 0.4) is 0 Å². The Morgan fingerprint density at radius 2 is 1.85 bits per heavy atom. The van der Waals surface area contributed by atoms with Crippen molar-refractivity contribution in [1.29, 1.82) is 0 Å². The first-order valence-electron chi connectivity index (χ1n) is 9.66. The first-order valence-corrected chi connectivity index (χ1v) is 9.66. The maximum absolute atomic E-state index is 13.9. The molecule has 1 aliphatic heterocycles. The Morgan fingerprint density at radius 3 is 2.59 bits per heavy atom. The fourth-order valence-corrected chi connectivity index (χ4v) is 3.52. The van der Waals surface area contributed by atoms with Crippen molar-refractivity contribution in [3.05, 3.63) is 65.5 Å². The number of benzene rings is 2. The predicted octanol–water partition coefficient (Wildman–Crippen LogP) is 3.01. The Kier molecular flexibility index (Phi) is 6.82. The van der Waals surface area contributed by atoms with Gasteiger partial charge in [-0.25, -0.2) is 4.39 Å². The van der Waals surface area contributed by atoms with Crippen LogP contribution in [0.1, 0.15) is 17.5 Å². The third kappa shape index (κ3) is 5.79. The van der Waals surface area contributed by atoms with Crippen LogP contribution in [0.2, 0.25) is 0 Å². The first kappa shape index (κ1) is 19.4. The Bertz CT molecular complexity index is 757. The monoisotopic (exact) mass is 369 g/mol. The van der Waals surface area contributed by atoms with Crippen molar-refractivity contribution >= 4 is 11.6 Å². The lowest BCUT2D eigenvalue weighted by molar-refractivity contribution is -0.120. The Hall–Kier alpha value is -2.40. The minimum atomic E-state index is -0.151. The molecule has 0 saturated carbocycles. The van der Waals surface area contributed by atoms with Gasteiger partial charge in [0.05, 0.1) is 12.1 Å². The van der Waals surface area contributed by atoms with Crippen LogP contribution in [0.15, 0.2) is 48.5 Å². The van der Waals surface area contributed by atoms with Crippen molar-refractivity contribution < 1.29 is 9.18 Å². The van der Waals surface area contributed by atoms with E-state index in [9.17, 15) is 9.18 Å². The van der Waals surface area contributed by atoms with Gasteiger partial charge < -0.3 is 10.2 Å². The van der Waals surface area contributed by atoms with Gasteiger partial charge >= 0.3 is 0 Å². The molecule has 0 spiro atoms. The highest BCUT2D eigenvalue weighted by Crippen LogP contribution is 2.20. The normalized spacial score (nSPS) is 15.0. The molecular weight excluding hydrogens is 341 g/mol. The highest BCUT2D eigenvalue weighted by molar-refractivity contribution is 5.78. The van der Waals surface area contributed by atoms with Gasteiger partial charge in [-0.1, -0.05) is 42.0 Å². The quantitative estimate of drug-likeness (QED) is 0.762. The zero-order valence-electron chi connectivity index (χ0n) is 16.0. The summed E-state index contributed by atoms with van der Waals surface area (Å²) in [7, 11) is 0. The highest BCUT2D eigenvalue weighted by Gasteiger charge is 2.18. The van der Waals surface area contributed by atoms with Gasteiger partial charge in [0, 0.05) is 32.7 Å². The number of rotatable bonds is 7. The molecule has 27 heavy (non-hydrogen) atoms. The molecule has 0 aliphatic carbocycles. The fourth-order valence-electron chi connectivity index (χ4n) is 3.52. The van der Waals surface area contributed by atoms with Crippen LogP contribution in [0.4, 0.5) is 10.1 Å². The SMILES string of the molecule is Cc1cccc(CC(=O)NCCCN2CCN(c3ccccc3F)CC2)c1. The molecule has 2 aromatic carbocycles. The lowest BCUT2D eigenvalue weighted by atomic mass is 10.1. The highest BCUT2D eigenvalue weighted by atomic mass is 19.1. The molecule has 1 heterocycles. The Labute approximate surface area is 161 Å². The van der Waals surface area contributed by atoms with Gasteiger partial charge in [-0.3, -0.25) is 9.69 Å². The number of halogens is 1. The summed E-state index contributed by atoms with van der Waals surface area (Å²) in [5.74, 6) is -0.0766. The van der Waals surface area contributed by atoms with Crippen molar-refractivity contribution in [2.75, 3.05) is 44.2 Å². The molecule has 144 valence electrons. The van der Waals surface area contributed by atoms with Crippen molar-refractivity contribution in [2.24, 2.45) is 0 Å². The number of para-hydroxylation sites is 1. The molecule has 0 unspecified atom stereocenters. The van der Waals surface area contributed by atoms with E-state index in [0.717, 1.165) is 44.7 Å². The summed E-state index contributed by atoms with van der Waals surface area (Å²) < 4.78 is 13.9. The van der Waals surface area contributed by atoms with Crippen LogP contribution < -0.4 is 10.2 Å². The zero-order chi connectivity index (χ0) is 19.1. The molecule has 2 aromatic rings. The van der Waals surface area contributed by atoms with E-state index >= 15 is 0 Å². The van der Waals surface area contributed by atoms with E-state index in [1.54, 1.807) is 6.07 Å². The van der Waals surface area contributed by atoms with Gasteiger partial charge in [-0.15, -0.1) is 0 Å². The maximum atomic E-state index is 13.9.